The average Bonchev–Trinajstić information content (AvgIpc) is 2.56. The second-order valence-corrected chi connectivity index (χ2v) is 5.23. The summed E-state index contributed by atoms with van der Waals surface area (Å²) in [4.78, 5) is 15.7. The van der Waals surface area contributed by atoms with E-state index in [-0.39, 0.29) is 35.9 Å². The van der Waals surface area contributed by atoms with Gasteiger partial charge in [-0.1, -0.05) is 24.6 Å². The van der Waals surface area contributed by atoms with Crippen LogP contribution in [0.5, 0.6) is 5.75 Å². The van der Waals surface area contributed by atoms with Gasteiger partial charge < -0.3 is 20.1 Å². The number of hydrogen-bond acceptors (Lipinski definition) is 4. The molecule has 0 saturated carbocycles. The molecular weight excluding hydrogens is 421 g/mol. The van der Waals surface area contributed by atoms with Gasteiger partial charge in [0.05, 0.1) is 26.1 Å². The Hall–Kier alpha value is -1.51. The molecule has 136 valence electrons. The molecular formula is C17H28IN3O3. The van der Waals surface area contributed by atoms with E-state index in [2.05, 4.69) is 15.6 Å². The lowest BCUT2D eigenvalue weighted by molar-refractivity contribution is -0.144. The first-order valence-electron chi connectivity index (χ1n) is 7.86. The lowest BCUT2D eigenvalue weighted by Gasteiger charge is -2.13. The van der Waals surface area contributed by atoms with Crippen molar-refractivity contribution in [2.24, 2.45) is 10.9 Å². The standard InChI is InChI=1S/C17H27N3O3.HI/c1-5-18-17(20-12-14(3)16(21)22-4)19-10-11-23-15-8-6-13(2)7-9-15;/h6-9,14H,5,10-12H2,1-4H3,(H2,18,19,20);1H. The number of hydrogen-bond donors (Lipinski definition) is 2. The van der Waals surface area contributed by atoms with Gasteiger partial charge in [-0.05, 0) is 26.0 Å². The van der Waals surface area contributed by atoms with Gasteiger partial charge in [-0.3, -0.25) is 9.79 Å². The summed E-state index contributed by atoms with van der Waals surface area (Å²) in [5.41, 5.74) is 1.21. The minimum absolute atomic E-state index is 0. The highest BCUT2D eigenvalue weighted by molar-refractivity contribution is 14.0. The molecule has 2 N–H and O–H groups in total. The third kappa shape index (κ3) is 8.95. The summed E-state index contributed by atoms with van der Waals surface area (Å²) in [6.07, 6.45) is 0. The lowest BCUT2D eigenvalue weighted by atomic mass is 10.2. The molecule has 1 rings (SSSR count). The van der Waals surface area contributed by atoms with Crippen LogP contribution >= 0.6 is 24.0 Å². The molecule has 0 fully saturated rings. The SMILES string of the molecule is CCNC(=NCC(C)C(=O)OC)NCCOc1ccc(C)cc1.I. The van der Waals surface area contributed by atoms with E-state index in [1.165, 1.54) is 12.7 Å². The molecule has 1 aromatic rings. The summed E-state index contributed by atoms with van der Waals surface area (Å²) in [7, 11) is 1.38. The molecule has 24 heavy (non-hydrogen) atoms. The summed E-state index contributed by atoms with van der Waals surface area (Å²) in [5, 5.41) is 6.31. The molecule has 1 unspecified atom stereocenters. The number of aryl methyl sites for hydroxylation is 1. The number of carbonyl (C=O) groups excluding carboxylic acids is 1. The van der Waals surface area contributed by atoms with E-state index in [0.29, 0.717) is 25.7 Å². The van der Waals surface area contributed by atoms with Gasteiger partial charge in [-0.2, -0.15) is 0 Å². The minimum atomic E-state index is -0.265. The smallest absolute Gasteiger partial charge is 0.310 e. The first-order valence-corrected chi connectivity index (χ1v) is 7.86. The zero-order chi connectivity index (χ0) is 17.1. The molecule has 0 aliphatic heterocycles. The average molecular weight is 449 g/mol. The Morgan fingerprint density at radius 3 is 2.50 bits per heavy atom. The van der Waals surface area contributed by atoms with Gasteiger partial charge in [0.2, 0.25) is 0 Å². The summed E-state index contributed by atoms with van der Waals surface area (Å²) in [5.74, 6) is 0.987. The van der Waals surface area contributed by atoms with Crippen molar-refractivity contribution in [3.8, 4) is 5.75 Å². The van der Waals surface area contributed by atoms with Crippen molar-refractivity contribution < 1.29 is 14.3 Å². The molecule has 0 heterocycles. The summed E-state index contributed by atoms with van der Waals surface area (Å²) < 4.78 is 10.3. The molecule has 1 atom stereocenters. The minimum Gasteiger partial charge on any atom is -0.492 e. The molecule has 0 aliphatic rings. The summed E-state index contributed by atoms with van der Waals surface area (Å²) >= 11 is 0. The van der Waals surface area contributed by atoms with Crippen molar-refractivity contribution in [3.05, 3.63) is 29.8 Å². The number of nitrogens with zero attached hydrogens (tertiary/aromatic N) is 1. The molecule has 0 radical (unpaired) electrons. The Morgan fingerprint density at radius 1 is 1.25 bits per heavy atom. The van der Waals surface area contributed by atoms with Crippen molar-refractivity contribution in [2.75, 3.05) is 33.4 Å². The third-order valence-electron chi connectivity index (χ3n) is 3.16. The highest BCUT2D eigenvalue weighted by atomic mass is 127. The number of benzene rings is 1. The molecule has 0 aliphatic carbocycles. The van der Waals surface area contributed by atoms with Crippen LogP contribution in [0.1, 0.15) is 19.4 Å². The highest BCUT2D eigenvalue weighted by Gasteiger charge is 2.12. The van der Waals surface area contributed by atoms with Gasteiger partial charge in [0.25, 0.3) is 0 Å². The molecule has 6 nitrogen and oxygen atoms in total. The summed E-state index contributed by atoms with van der Waals surface area (Å²) in [6.45, 7) is 8.09. The zero-order valence-electron chi connectivity index (χ0n) is 14.8. The van der Waals surface area contributed by atoms with E-state index < -0.39 is 0 Å². The molecule has 1 aromatic carbocycles. The fraction of sp³-hybridized carbons (Fsp3) is 0.529. The van der Waals surface area contributed by atoms with E-state index in [0.717, 1.165) is 12.3 Å². The van der Waals surface area contributed by atoms with Gasteiger partial charge in [0, 0.05) is 6.54 Å². The van der Waals surface area contributed by atoms with E-state index in [1.807, 2.05) is 38.1 Å². The number of methoxy groups -OCH3 is 1. The Morgan fingerprint density at radius 2 is 1.92 bits per heavy atom. The number of esters is 1. The number of guanidine groups is 1. The van der Waals surface area contributed by atoms with Crippen molar-refractivity contribution in [3.63, 3.8) is 0 Å². The summed E-state index contributed by atoms with van der Waals surface area (Å²) in [6, 6.07) is 7.93. The second kappa shape index (κ2) is 12.9. The van der Waals surface area contributed by atoms with Crippen LogP contribution in [0.25, 0.3) is 0 Å². The number of nitrogens with one attached hydrogen (secondary N) is 2. The Labute approximate surface area is 161 Å². The fourth-order valence-corrected chi connectivity index (χ4v) is 1.82. The van der Waals surface area contributed by atoms with E-state index in [4.69, 9.17) is 9.47 Å². The van der Waals surface area contributed by atoms with E-state index >= 15 is 0 Å². The zero-order valence-corrected chi connectivity index (χ0v) is 17.1. The fourth-order valence-electron chi connectivity index (χ4n) is 1.82. The highest BCUT2D eigenvalue weighted by Crippen LogP contribution is 2.10. The van der Waals surface area contributed by atoms with Crippen molar-refractivity contribution in [1.29, 1.82) is 0 Å². The number of rotatable bonds is 8. The van der Waals surface area contributed by atoms with E-state index in [9.17, 15) is 4.79 Å². The first-order chi connectivity index (χ1) is 11.1. The number of aliphatic imine (C=N–C) groups is 1. The Bertz CT molecular complexity index is 506. The van der Waals surface area contributed by atoms with Gasteiger partial charge in [0.15, 0.2) is 5.96 Å². The Kier molecular flexibility index (Phi) is 12.0. The maximum atomic E-state index is 11.4. The number of carbonyl (C=O) groups is 1. The Balaban J connectivity index is 0.00000529. The van der Waals surface area contributed by atoms with Gasteiger partial charge >= 0.3 is 5.97 Å². The van der Waals surface area contributed by atoms with Crippen LogP contribution in [0.3, 0.4) is 0 Å². The van der Waals surface area contributed by atoms with Crippen LogP contribution in [0.15, 0.2) is 29.3 Å². The van der Waals surface area contributed by atoms with Crippen molar-refractivity contribution in [1.82, 2.24) is 10.6 Å². The quantitative estimate of drug-likeness (QED) is 0.210. The monoisotopic (exact) mass is 449 g/mol. The van der Waals surface area contributed by atoms with Crippen LogP contribution in [-0.2, 0) is 9.53 Å². The van der Waals surface area contributed by atoms with Crippen LogP contribution in [-0.4, -0.2) is 45.3 Å². The van der Waals surface area contributed by atoms with Crippen molar-refractivity contribution in [2.45, 2.75) is 20.8 Å². The van der Waals surface area contributed by atoms with Crippen LogP contribution in [0.4, 0.5) is 0 Å². The first kappa shape index (κ1) is 22.5. The van der Waals surface area contributed by atoms with Gasteiger partial charge in [-0.25, -0.2) is 0 Å². The molecule has 0 amide bonds. The van der Waals surface area contributed by atoms with Crippen molar-refractivity contribution >= 4 is 35.9 Å². The molecule has 7 heteroatoms. The lowest BCUT2D eigenvalue weighted by Crippen LogP contribution is -2.39. The maximum Gasteiger partial charge on any atom is 0.310 e. The molecule has 0 saturated heterocycles. The van der Waals surface area contributed by atoms with Crippen LogP contribution in [0, 0.1) is 12.8 Å². The van der Waals surface area contributed by atoms with Gasteiger partial charge in [-0.15, -0.1) is 24.0 Å². The molecule has 0 aromatic heterocycles. The predicted octanol–water partition coefficient (Wildman–Crippen LogP) is 2.36. The van der Waals surface area contributed by atoms with Crippen LogP contribution < -0.4 is 15.4 Å². The third-order valence-corrected chi connectivity index (χ3v) is 3.16. The topological polar surface area (TPSA) is 72.0 Å². The number of ether oxygens (including phenoxy) is 2. The van der Waals surface area contributed by atoms with Crippen LogP contribution in [0.2, 0.25) is 0 Å². The number of halogens is 1. The largest absolute Gasteiger partial charge is 0.492 e. The molecule has 0 spiro atoms. The maximum absolute atomic E-state index is 11.4. The predicted molar refractivity (Wildman–Crippen MR) is 107 cm³/mol. The second-order valence-electron chi connectivity index (χ2n) is 5.23. The van der Waals surface area contributed by atoms with E-state index in [1.54, 1.807) is 6.92 Å². The molecule has 0 bridgehead atoms. The normalized spacial score (nSPS) is 11.9. The van der Waals surface area contributed by atoms with Gasteiger partial charge in [0.1, 0.15) is 12.4 Å².